The van der Waals surface area contributed by atoms with Crippen LogP contribution in [0.3, 0.4) is 0 Å². The van der Waals surface area contributed by atoms with Crippen molar-refractivity contribution in [2.75, 3.05) is 5.32 Å². The molecule has 2 rings (SSSR count). The number of rotatable bonds is 6. The van der Waals surface area contributed by atoms with Gasteiger partial charge in [0.1, 0.15) is 5.75 Å². The summed E-state index contributed by atoms with van der Waals surface area (Å²) in [6.45, 7) is 8.14. The zero-order valence-electron chi connectivity index (χ0n) is 14.3. The molecule has 0 aromatic heterocycles. The van der Waals surface area contributed by atoms with Gasteiger partial charge in [-0.05, 0) is 48.6 Å². The van der Waals surface area contributed by atoms with E-state index in [-0.39, 0.29) is 5.91 Å². The fraction of sp³-hybridized carbons (Fsp3) is 0.350. The Balaban J connectivity index is 1.99. The Morgan fingerprint density at radius 2 is 1.70 bits per heavy atom. The molecule has 3 nitrogen and oxygen atoms in total. The van der Waals surface area contributed by atoms with Crippen LogP contribution in [0.1, 0.15) is 44.7 Å². The lowest BCUT2D eigenvalue weighted by molar-refractivity contribution is -0.122. The number of carbonyl (C=O) groups excluding carboxylic acids is 1. The second-order valence-corrected chi connectivity index (χ2v) is 5.99. The van der Waals surface area contributed by atoms with Gasteiger partial charge in [0.25, 0.3) is 5.91 Å². The van der Waals surface area contributed by atoms with Gasteiger partial charge in [0.15, 0.2) is 6.10 Å². The molecular formula is C20H25NO2. The second-order valence-electron chi connectivity index (χ2n) is 5.99. The maximum Gasteiger partial charge on any atom is 0.265 e. The first kappa shape index (κ1) is 17.1. The van der Waals surface area contributed by atoms with Crippen molar-refractivity contribution >= 4 is 11.6 Å². The maximum absolute atomic E-state index is 12.3. The third-order valence-electron chi connectivity index (χ3n) is 3.87. The molecule has 0 fully saturated rings. The number of benzene rings is 2. The van der Waals surface area contributed by atoms with Crippen LogP contribution in [0.2, 0.25) is 0 Å². The predicted molar refractivity (Wildman–Crippen MR) is 95.1 cm³/mol. The van der Waals surface area contributed by atoms with E-state index in [0.717, 1.165) is 23.4 Å². The van der Waals surface area contributed by atoms with Crippen molar-refractivity contribution in [2.24, 2.45) is 0 Å². The summed E-state index contributed by atoms with van der Waals surface area (Å²) in [5.74, 6) is 1.11. The number of anilines is 1. The summed E-state index contributed by atoms with van der Waals surface area (Å²) in [7, 11) is 0. The Bertz CT molecular complexity index is 647. The summed E-state index contributed by atoms with van der Waals surface area (Å²) >= 11 is 0. The molecule has 2 aromatic carbocycles. The van der Waals surface area contributed by atoms with Gasteiger partial charge >= 0.3 is 0 Å². The first-order chi connectivity index (χ1) is 11.0. The molecule has 0 saturated heterocycles. The smallest absolute Gasteiger partial charge is 0.265 e. The number of aryl methyl sites for hydroxylation is 1. The van der Waals surface area contributed by atoms with Gasteiger partial charge in [0.05, 0.1) is 0 Å². The summed E-state index contributed by atoms with van der Waals surface area (Å²) in [4.78, 5) is 12.3. The molecule has 0 unspecified atom stereocenters. The average Bonchev–Trinajstić information content (AvgIpc) is 2.55. The molecule has 3 heteroatoms. The van der Waals surface area contributed by atoms with E-state index in [4.69, 9.17) is 4.74 Å². The molecule has 122 valence electrons. The summed E-state index contributed by atoms with van der Waals surface area (Å²) in [6, 6.07) is 15.8. The highest BCUT2D eigenvalue weighted by atomic mass is 16.5. The summed E-state index contributed by atoms with van der Waals surface area (Å²) in [5.41, 5.74) is 3.15. The van der Waals surface area contributed by atoms with E-state index >= 15 is 0 Å². The number of amides is 1. The largest absolute Gasteiger partial charge is 0.481 e. The van der Waals surface area contributed by atoms with Crippen LogP contribution in [-0.2, 0) is 11.2 Å². The molecule has 0 aliphatic rings. The minimum Gasteiger partial charge on any atom is -0.481 e. The van der Waals surface area contributed by atoms with E-state index in [1.165, 1.54) is 5.56 Å². The molecule has 1 atom stereocenters. The van der Waals surface area contributed by atoms with Crippen LogP contribution in [0.25, 0.3) is 0 Å². The van der Waals surface area contributed by atoms with Gasteiger partial charge in [-0.25, -0.2) is 0 Å². The van der Waals surface area contributed by atoms with Crippen molar-refractivity contribution in [3.63, 3.8) is 0 Å². The van der Waals surface area contributed by atoms with Gasteiger partial charge in [0.2, 0.25) is 0 Å². The molecule has 1 amide bonds. The highest BCUT2D eigenvalue weighted by molar-refractivity contribution is 5.94. The lowest BCUT2D eigenvalue weighted by Gasteiger charge is -2.17. The lowest BCUT2D eigenvalue weighted by atomic mass is 10.0. The monoisotopic (exact) mass is 311 g/mol. The Morgan fingerprint density at radius 3 is 2.30 bits per heavy atom. The summed E-state index contributed by atoms with van der Waals surface area (Å²) < 4.78 is 5.82. The van der Waals surface area contributed by atoms with E-state index in [1.54, 1.807) is 6.92 Å². The number of hydrogen-bond donors (Lipinski definition) is 1. The fourth-order valence-electron chi connectivity index (χ4n) is 2.35. The van der Waals surface area contributed by atoms with Crippen LogP contribution < -0.4 is 10.1 Å². The highest BCUT2D eigenvalue weighted by Crippen LogP contribution is 2.21. The molecule has 0 radical (unpaired) electrons. The SMILES string of the molecule is CCc1ccccc1O[C@@H](C)C(=O)Nc1ccc(C(C)C)cc1. The third-order valence-corrected chi connectivity index (χ3v) is 3.87. The maximum atomic E-state index is 12.3. The zero-order valence-corrected chi connectivity index (χ0v) is 14.3. The van der Waals surface area contributed by atoms with E-state index in [1.807, 2.05) is 48.5 Å². The first-order valence-electron chi connectivity index (χ1n) is 8.16. The van der Waals surface area contributed by atoms with Crippen molar-refractivity contribution in [2.45, 2.75) is 46.1 Å². The van der Waals surface area contributed by atoms with Crippen molar-refractivity contribution in [1.29, 1.82) is 0 Å². The van der Waals surface area contributed by atoms with Crippen molar-refractivity contribution in [1.82, 2.24) is 0 Å². The Morgan fingerprint density at radius 1 is 1.04 bits per heavy atom. The molecule has 0 aliphatic heterocycles. The van der Waals surface area contributed by atoms with Crippen molar-refractivity contribution < 1.29 is 9.53 Å². The van der Waals surface area contributed by atoms with Gasteiger partial charge in [-0.3, -0.25) is 4.79 Å². The van der Waals surface area contributed by atoms with Gasteiger partial charge in [-0.15, -0.1) is 0 Å². The standard InChI is InChI=1S/C20H25NO2/c1-5-16-8-6-7-9-19(16)23-15(4)20(22)21-18-12-10-17(11-13-18)14(2)3/h6-15H,5H2,1-4H3,(H,21,22)/t15-/m0/s1. The number of ether oxygens (including phenoxy) is 1. The van der Waals surface area contributed by atoms with Crippen LogP contribution in [0, 0.1) is 0 Å². The number of para-hydroxylation sites is 1. The number of hydrogen-bond acceptors (Lipinski definition) is 2. The van der Waals surface area contributed by atoms with Gasteiger partial charge in [-0.2, -0.15) is 0 Å². The molecule has 0 aliphatic carbocycles. The third kappa shape index (κ3) is 4.59. The minimum absolute atomic E-state index is 0.145. The minimum atomic E-state index is -0.549. The second kappa shape index (κ2) is 7.82. The Hall–Kier alpha value is -2.29. The normalized spacial score (nSPS) is 12.0. The Labute approximate surface area is 138 Å². The quantitative estimate of drug-likeness (QED) is 0.834. The summed E-state index contributed by atoms with van der Waals surface area (Å²) in [6.07, 6.45) is 0.328. The van der Waals surface area contributed by atoms with E-state index in [0.29, 0.717) is 5.92 Å². The van der Waals surface area contributed by atoms with Crippen LogP contribution in [0.15, 0.2) is 48.5 Å². The van der Waals surface area contributed by atoms with Gasteiger partial charge < -0.3 is 10.1 Å². The average molecular weight is 311 g/mol. The van der Waals surface area contributed by atoms with E-state index < -0.39 is 6.10 Å². The highest BCUT2D eigenvalue weighted by Gasteiger charge is 2.16. The van der Waals surface area contributed by atoms with Crippen molar-refractivity contribution in [3.8, 4) is 5.75 Å². The molecule has 23 heavy (non-hydrogen) atoms. The van der Waals surface area contributed by atoms with Crippen molar-refractivity contribution in [3.05, 3.63) is 59.7 Å². The first-order valence-corrected chi connectivity index (χ1v) is 8.16. The van der Waals surface area contributed by atoms with Crippen LogP contribution in [0.5, 0.6) is 5.75 Å². The topological polar surface area (TPSA) is 38.3 Å². The number of nitrogens with one attached hydrogen (secondary N) is 1. The molecule has 2 aromatic rings. The summed E-state index contributed by atoms with van der Waals surface area (Å²) in [5, 5.41) is 2.90. The van der Waals surface area contributed by atoms with E-state index in [9.17, 15) is 4.79 Å². The van der Waals surface area contributed by atoms with Gasteiger partial charge in [0, 0.05) is 5.69 Å². The van der Waals surface area contributed by atoms with Crippen LogP contribution >= 0.6 is 0 Å². The molecule has 0 saturated carbocycles. The van der Waals surface area contributed by atoms with Crippen LogP contribution in [0.4, 0.5) is 5.69 Å². The zero-order chi connectivity index (χ0) is 16.8. The predicted octanol–water partition coefficient (Wildman–Crippen LogP) is 4.78. The molecule has 0 heterocycles. The lowest BCUT2D eigenvalue weighted by Crippen LogP contribution is -2.30. The van der Waals surface area contributed by atoms with Crippen LogP contribution in [-0.4, -0.2) is 12.0 Å². The Kier molecular flexibility index (Phi) is 5.80. The number of carbonyl (C=O) groups is 1. The molecule has 0 spiro atoms. The van der Waals surface area contributed by atoms with E-state index in [2.05, 4.69) is 26.1 Å². The molecule has 1 N–H and O–H groups in total. The molecule has 0 bridgehead atoms. The molecular weight excluding hydrogens is 286 g/mol. The van der Waals surface area contributed by atoms with Gasteiger partial charge in [-0.1, -0.05) is 51.1 Å². The fourth-order valence-corrected chi connectivity index (χ4v) is 2.35.